The van der Waals surface area contributed by atoms with Crippen molar-refractivity contribution >= 4 is 17.9 Å². The third kappa shape index (κ3) is 58.7. The van der Waals surface area contributed by atoms with Crippen molar-refractivity contribution < 1.29 is 28.6 Å². The number of hydrogen-bond acceptors (Lipinski definition) is 6. The van der Waals surface area contributed by atoms with Crippen LogP contribution in [0.3, 0.4) is 0 Å². The van der Waals surface area contributed by atoms with Gasteiger partial charge in [0.1, 0.15) is 13.2 Å². The molecule has 0 amide bonds. The summed E-state index contributed by atoms with van der Waals surface area (Å²) in [5, 5.41) is 0. The van der Waals surface area contributed by atoms with Gasteiger partial charge in [0.2, 0.25) is 0 Å². The second kappa shape index (κ2) is 60.4. The minimum Gasteiger partial charge on any atom is -0.462 e. The summed E-state index contributed by atoms with van der Waals surface area (Å²) in [6.45, 7) is 6.68. The molecule has 0 saturated heterocycles. The van der Waals surface area contributed by atoms with Crippen LogP contribution in [0.25, 0.3) is 0 Å². The molecule has 0 aliphatic rings. The van der Waals surface area contributed by atoms with E-state index >= 15 is 0 Å². The molecule has 1 atom stereocenters. The van der Waals surface area contributed by atoms with E-state index in [2.05, 4.69) is 45.1 Å². The van der Waals surface area contributed by atoms with Crippen molar-refractivity contribution in [2.45, 2.75) is 361 Å². The minimum absolute atomic E-state index is 0.0688. The zero-order valence-corrected chi connectivity index (χ0v) is 48.0. The molecule has 0 heterocycles. The first-order valence-electron chi connectivity index (χ1n) is 31.8. The zero-order chi connectivity index (χ0) is 51.4. The van der Waals surface area contributed by atoms with Crippen molar-refractivity contribution in [2.24, 2.45) is 0 Å². The zero-order valence-electron chi connectivity index (χ0n) is 48.0. The fourth-order valence-electron chi connectivity index (χ4n) is 9.61. The second-order valence-corrected chi connectivity index (χ2v) is 21.7. The molecule has 0 N–H and O–H groups in total. The van der Waals surface area contributed by atoms with Crippen molar-refractivity contribution in [1.29, 1.82) is 0 Å². The first-order valence-corrected chi connectivity index (χ1v) is 31.8. The smallest absolute Gasteiger partial charge is 0.306 e. The Morgan fingerprint density at radius 3 is 0.718 bits per heavy atom. The molecule has 71 heavy (non-hydrogen) atoms. The predicted octanol–water partition coefficient (Wildman–Crippen LogP) is 21.4. The van der Waals surface area contributed by atoms with Crippen LogP contribution in [-0.4, -0.2) is 37.2 Å². The van der Waals surface area contributed by atoms with Gasteiger partial charge in [0.05, 0.1) is 0 Å². The average molecular weight is 1000 g/mol. The molecule has 0 bridgehead atoms. The van der Waals surface area contributed by atoms with Crippen LogP contribution in [-0.2, 0) is 28.6 Å². The summed E-state index contributed by atoms with van der Waals surface area (Å²) < 4.78 is 16.9. The van der Waals surface area contributed by atoms with Gasteiger partial charge in [-0.15, -0.1) is 0 Å². The van der Waals surface area contributed by atoms with Gasteiger partial charge in [-0.05, 0) is 70.6 Å². The van der Waals surface area contributed by atoms with E-state index in [0.29, 0.717) is 19.3 Å². The molecule has 0 aromatic rings. The van der Waals surface area contributed by atoms with E-state index in [4.69, 9.17) is 14.2 Å². The lowest BCUT2D eigenvalue weighted by Gasteiger charge is -2.18. The number of carbonyl (C=O) groups is 3. The Hall–Kier alpha value is -2.11. The predicted molar refractivity (Wildman–Crippen MR) is 307 cm³/mol. The minimum atomic E-state index is -0.770. The first kappa shape index (κ1) is 68.9. The third-order valence-electron chi connectivity index (χ3n) is 14.4. The Morgan fingerprint density at radius 2 is 0.465 bits per heavy atom. The highest BCUT2D eigenvalue weighted by atomic mass is 16.6. The van der Waals surface area contributed by atoms with E-state index in [-0.39, 0.29) is 31.1 Å². The third-order valence-corrected chi connectivity index (χ3v) is 14.4. The quantitative estimate of drug-likeness (QED) is 0.0261. The molecule has 0 fully saturated rings. The van der Waals surface area contributed by atoms with E-state index in [1.165, 1.54) is 250 Å². The molecule has 0 radical (unpaired) electrons. The van der Waals surface area contributed by atoms with Crippen LogP contribution in [0, 0.1) is 0 Å². The molecule has 1 unspecified atom stereocenters. The van der Waals surface area contributed by atoms with Crippen molar-refractivity contribution in [1.82, 2.24) is 0 Å². The summed E-state index contributed by atoms with van der Waals surface area (Å²) in [5.41, 5.74) is 0. The lowest BCUT2D eigenvalue weighted by molar-refractivity contribution is -0.167. The maximum absolute atomic E-state index is 12.9. The highest BCUT2D eigenvalue weighted by Gasteiger charge is 2.19. The number of carbonyl (C=O) groups excluding carboxylic acids is 3. The van der Waals surface area contributed by atoms with E-state index in [0.717, 1.165) is 64.2 Å². The number of allylic oxidation sites excluding steroid dienone is 4. The number of esters is 3. The van der Waals surface area contributed by atoms with Crippen molar-refractivity contribution in [3.05, 3.63) is 24.3 Å². The Labute approximate surface area is 443 Å². The Kier molecular flexibility index (Phi) is 58.6. The molecule has 0 aromatic carbocycles. The SMILES string of the molecule is CCCCCC/C=C\CCCCCCCC(=O)OCC(COC(=O)CCCCCCCCCCCCCCC/C=C\CCCCCCCCCC)OC(=O)CCCCCCCCCCCCCCCCC. The molecule has 0 aromatic heterocycles. The topological polar surface area (TPSA) is 78.9 Å². The fourth-order valence-corrected chi connectivity index (χ4v) is 9.61. The van der Waals surface area contributed by atoms with Gasteiger partial charge in [0, 0.05) is 19.3 Å². The van der Waals surface area contributed by atoms with Crippen LogP contribution in [0.2, 0.25) is 0 Å². The summed E-state index contributed by atoms with van der Waals surface area (Å²) >= 11 is 0. The molecule has 0 rings (SSSR count). The highest BCUT2D eigenvalue weighted by Crippen LogP contribution is 2.17. The van der Waals surface area contributed by atoms with E-state index in [1.54, 1.807) is 0 Å². The second-order valence-electron chi connectivity index (χ2n) is 21.7. The monoisotopic (exact) mass is 999 g/mol. The van der Waals surface area contributed by atoms with Gasteiger partial charge in [-0.3, -0.25) is 14.4 Å². The summed E-state index contributed by atoms with van der Waals surface area (Å²) in [4.78, 5) is 38.2. The van der Waals surface area contributed by atoms with Gasteiger partial charge in [0.25, 0.3) is 0 Å². The number of hydrogen-bond donors (Lipinski definition) is 0. The van der Waals surface area contributed by atoms with Crippen LogP contribution in [0.15, 0.2) is 24.3 Å². The van der Waals surface area contributed by atoms with Gasteiger partial charge in [0.15, 0.2) is 6.10 Å². The van der Waals surface area contributed by atoms with Crippen LogP contribution in [0.4, 0.5) is 0 Å². The molecule has 418 valence electrons. The number of rotatable bonds is 59. The lowest BCUT2D eigenvalue weighted by atomic mass is 10.0. The molecular weight excluding hydrogens is 877 g/mol. The van der Waals surface area contributed by atoms with Crippen molar-refractivity contribution in [2.75, 3.05) is 13.2 Å². The van der Waals surface area contributed by atoms with Crippen LogP contribution < -0.4 is 0 Å². The Bertz CT molecular complexity index is 1150. The summed E-state index contributed by atoms with van der Waals surface area (Å²) in [5.74, 6) is -0.853. The summed E-state index contributed by atoms with van der Waals surface area (Å²) in [7, 11) is 0. The summed E-state index contributed by atoms with van der Waals surface area (Å²) in [6.07, 6.45) is 71.9. The van der Waals surface area contributed by atoms with Crippen LogP contribution in [0.1, 0.15) is 355 Å². The van der Waals surface area contributed by atoms with E-state index in [9.17, 15) is 14.4 Å². The van der Waals surface area contributed by atoms with Crippen LogP contribution in [0.5, 0.6) is 0 Å². The van der Waals surface area contributed by atoms with Gasteiger partial charge in [-0.1, -0.05) is 289 Å². The molecule has 0 spiro atoms. The van der Waals surface area contributed by atoms with E-state index in [1.807, 2.05) is 0 Å². The van der Waals surface area contributed by atoms with Crippen LogP contribution >= 0.6 is 0 Å². The maximum atomic E-state index is 12.9. The van der Waals surface area contributed by atoms with E-state index < -0.39 is 6.10 Å². The summed E-state index contributed by atoms with van der Waals surface area (Å²) in [6, 6.07) is 0. The molecule has 0 saturated carbocycles. The number of unbranched alkanes of at least 4 members (excludes halogenated alkanes) is 44. The van der Waals surface area contributed by atoms with Gasteiger partial charge >= 0.3 is 17.9 Å². The Morgan fingerprint density at radius 1 is 0.268 bits per heavy atom. The maximum Gasteiger partial charge on any atom is 0.306 e. The number of ether oxygens (including phenoxy) is 3. The first-order chi connectivity index (χ1) is 35.0. The van der Waals surface area contributed by atoms with Gasteiger partial charge in [-0.2, -0.15) is 0 Å². The largest absolute Gasteiger partial charge is 0.462 e. The molecular formula is C65H122O6. The Balaban J connectivity index is 4.21. The normalized spacial score (nSPS) is 12.1. The van der Waals surface area contributed by atoms with Gasteiger partial charge in [-0.25, -0.2) is 0 Å². The van der Waals surface area contributed by atoms with Gasteiger partial charge < -0.3 is 14.2 Å². The molecule has 6 nitrogen and oxygen atoms in total. The fraction of sp³-hybridized carbons (Fsp3) is 0.892. The average Bonchev–Trinajstić information content (AvgIpc) is 3.37. The standard InChI is InChI=1S/C65H122O6/c1-4-7-10-13-16-19-22-25-27-28-29-30-31-32-33-34-35-36-38-40-43-46-49-52-55-58-64(67)70-61-62(60-69-63(66)57-54-51-48-45-42-39-24-21-18-15-12-9-6-3)71-65(68)59-56-53-50-47-44-41-37-26-23-20-17-14-11-8-5-2/h21,24,28-29,62H,4-20,22-23,25-27,30-61H2,1-3H3/b24-21-,29-28-. The molecule has 0 aliphatic carbocycles. The van der Waals surface area contributed by atoms with Crippen molar-refractivity contribution in [3.8, 4) is 0 Å². The molecule has 6 heteroatoms. The van der Waals surface area contributed by atoms with Crippen molar-refractivity contribution in [3.63, 3.8) is 0 Å². The molecule has 0 aliphatic heterocycles. The highest BCUT2D eigenvalue weighted by molar-refractivity contribution is 5.71. The lowest BCUT2D eigenvalue weighted by Crippen LogP contribution is -2.30.